The summed E-state index contributed by atoms with van der Waals surface area (Å²) in [5, 5.41) is 25.9. The summed E-state index contributed by atoms with van der Waals surface area (Å²) < 4.78 is 35.9. The number of ether oxygens (including phenoxy) is 3. The van der Waals surface area contributed by atoms with Crippen LogP contribution in [0.15, 0.2) is 54.0 Å². The van der Waals surface area contributed by atoms with Gasteiger partial charge in [0.25, 0.3) is 0 Å². The Morgan fingerprint density at radius 3 is 2.55 bits per heavy atom. The Hall–Kier alpha value is -5.40. The molecular formula is C46H49ClFN9O4S. The van der Waals surface area contributed by atoms with Gasteiger partial charge in [-0.2, -0.15) is 15.2 Å². The predicted octanol–water partition coefficient (Wildman–Crippen LogP) is 8.58. The lowest BCUT2D eigenvalue weighted by Gasteiger charge is -2.34. The minimum absolute atomic E-state index is 0.0268. The topological polar surface area (TPSA) is 144 Å². The zero-order chi connectivity index (χ0) is 43.2. The van der Waals surface area contributed by atoms with Gasteiger partial charge in [-0.05, 0) is 68.7 Å². The molecule has 6 aromatic rings. The van der Waals surface area contributed by atoms with E-state index in [4.69, 9.17) is 35.8 Å². The van der Waals surface area contributed by atoms with Crippen molar-refractivity contribution in [2.24, 2.45) is 5.92 Å². The molecule has 1 amide bonds. The second kappa shape index (κ2) is 17.4. The Balaban J connectivity index is 1.10. The summed E-state index contributed by atoms with van der Waals surface area (Å²) in [5.74, 6) is 0.706. The van der Waals surface area contributed by atoms with E-state index in [0.717, 1.165) is 56.4 Å². The van der Waals surface area contributed by atoms with Crippen LogP contribution in [-0.2, 0) is 16.1 Å². The number of carbonyl (C=O) groups excluding carboxylic acids is 1. The second-order valence-electron chi connectivity index (χ2n) is 17.0. The predicted molar refractivity (Wildman–Crippen MR) is 238 cm³/mol. The monoisotopic (exact) mass is 877 g/mol. The molecule has 5 atom stereocenters. The van der Waals surface area contributed by atoms with Crippen LogP contribution < -0.4 is 19.7 Å². The number of hydrogen-bond acceptors (Lipinski definition) is 12. The van der Waals surface area contributed by atoms with E-state index in [9.17, 15) is 10.1 Å². The molecule has 3 aliphatic heterocycles. The highest BCUT2D eigenvalue weighted by atomic mass is 35.5. The maximum absolute atomic E-state index is 15.3. The number of methoxy groups -OCH3 is 1. The standard InChI is InChI=1S/C46H49ClFN9O4S/c1-25(2)41(45(58)56-16-6-7-26(56)3)57-21-37(53-54-57)29-10-8-28(9-11-29)23-60-42-39(33-14-15-36(48)43-38(33)30(18-49)24-62-43)35(47)17-34-40(42)51-46(61-22-27(4)59-5)52-44(34)55-19-31-12-13-32(20-55)50-31/h8-11,14-15,17,21,24-27,31-32,41,50H,6-7,12-13,16,19-20,22-23H2,1-5H3/t26?,27-,31?,32?,41?/m0/s1. The number of thiophene rings is 1. The summed E-state index contributed by atoms with van der Waals surface area (Å²) >= 11 is 8.51. The SMILES string of the molecule is CO[C@@H](C)COc1nc(N2CC3CCC(C2)N3)c2cc(Cl)c(-c3ccc(F)c4scc(C#N)c34)c(OCc3ccc(-c4cn(C(C(=O)N5CCCC5C)C(C)C)nn4)cc3)c2n1. The molecule has 3 saturated heterocycles. The molecule has 0 saturated carbocycles. The third-order valence-corrected chi connectivity index (χ3v) is 13.7. The number of piperazine rings is 1. The number of nitriles is 1. The molecule has 13 nitrogen and oxygen atoms in total. The van der Waals surface area contributed by atoms with Crippen LogP contribution in [0.5, 0.6) is 11.8 Å². The lowest BCUT2D eigenvalue weighted by Crippen LogP contribution is -2.51. The van der Waals surface area contributed by atoms with Crippen molar-refractivity contribution in [2.45, 2.75) is 90.3 Å². The van der Waals surface area contributed by atoms with Crippen molar-refractivity contribution >= 4 is 55.7 Å². The summed E-state index contributed by atoms with van der Waals surface area (Å²) in [5.41, 5.74) is 4.16. The molecule has 6 heterocycles. The first kappa shape index (κ1) is 41.9. The summed E-state index contributed by atoms with van der Waals surface area (Å²) in [4.78, 5) is 27.9. The first-order valence-corrected chi connectivity index (χ1v) is 22.5. The number of anilines is 1. The van der Waals surface area contributed by atoms with Crippen LogP contribution in [0.3, 0.4) is 0 Å². The van der Waals surface area contributed by atoms with Crippen molar-refractivity contribution in [2.75, 3.05) is 38.3 Å². The van der Waals surface area contributed by atoms with E-state index < -0.39 is 11.9 Å². The average molecular weight is 878 g/mol. The van der Waals surface area contributed by atoms with Gasteiger partial charge in [-0.3, -0.25) is 4.79 Å². The Morgan fingerprint density at radius 2 is 1.85 bits per heavy atom. The number of hydrogen-bond donors (Lipinski definition) is 1. The molecule has 16 heteroatoms. The molecule has 0 spiro atoms. The number of benzene rings is 3. The first-order chi connectivity index (χ1) is 30.0. The van der Waals surface area contributed by atoms with Gasteiger partial charge in [-0.25, -0.2) is 9.07 Å². The van der Waals surface area contributed by atoms with Crippen LogP contribution in [0.25, 0.3) is 43.4 Å². The number of amides is 1. The lowest BCUT2D eigenvalue weighted by molar-refractivity contribution is -0.137. The number of rotatable bonds is 13. The minimum atomic E-state index is -0.452. The van der Waals surface area contributed by atoms with Gasteiger partial charge in [0.05, 0.1) is 27.6 Å². The third kappa shape index (κ3) is 7.94. The molecule has 3 aliphatic rings. The maximum Gasteiger partial charge on any atom is 0.319 e. The Bertz CT molecular complexity index is 2670. The highest BCUT2D eigenvalue weighted by Crippen LogP contribution is 2.48. The van der Waals surface area contributed by atoms with Gasteiger partial charge < -0.3 is 29.3 Å². The van der Waals surface area contributed by atoms with Gasteiger partial charge in [0.15, 0.2) is 5.75 Å². The number of likely N-dealkylation sites (tertiary alicyclic amines) is 1. The first-order valence-electron chi connectivity index (χ1n) is 21.3. The fourth-order valence-electron chi connectivity index (χ4n) is 9.11. The largest absolute Gasteiger partial charge is 0.486 e. The number of fused-ring (bicyclic) bond motifs is 4. The molecule has 322 valence electrons. The number of nitrogens with zero attached hydrogens (tertiary/aromatic N) is 8. The van der Waals surface area contributed by atoms with E-state index in [-0.39, 0.29) is 43.2 Å². The number of aromatic nitrogens is 5. The third-order valence-electron chi connectivity index (χ3n) is 12.4. The fourth-order valence-corrected chi connectivity index (χ4v) is 10.3. The van der Waals surface area contributed by atoms with Gasteiger partial charge in [0.2, 0.25) is 5.91 Å². The molecule has 0 aliphatic carbocycles. The van der Waals surface area contributed by atoms with Crippen LogP contribution >= 0.6 is 22.9 Å². The average Bonchev–Trinajstić information content (AvgIpc) is 4.10. The zero-order valence-electron chi connectivity index (χ0n) is 35.4. The quantitative estimate of drug-likeness (QED) is 0.119. The Morgan fingerprint density at radius 1 is 1.08 bits per heavy atom. The second-order valence-corrected chi connectivity index (χ2v) is 18.3. The van der Waals surface area contributed by atoms with Crippen LogP contribution in [0.2, 0.25) is 5.02 Å². The molecule has 9 rings (SSSR count). The van der Waals surface area contributed by atoms with Gasteiger partial charge in [0.1, 0.15) is 48.2 Å². The number of carbonyl (C=O) groups is 1. The summed E-state index contributed by atoms with van der Waals surface area (Å²) in [6, 6.07) is 15.5. The van der Waals surface area contributed by atoms with Gasteiger partial charge >= 0.3 is 6.01 Å². The van der Waals surface area contributed by atoms with Crippen molar-refractivity contribution < 1.29 is 23.4 Å². The van der Waals surface area contributed by atoms with Crippen LogP contribution in [-0.4, -0.2) is 93.3 Å². The molecule has 4 unspecified atom stereocenters. The fraction of sp³-hybridized carbons (Fsp3) is 0.435. The molecule has 0 radical (unpaired) electrons. The van der Waals surface area contributed by atoms with Gasteiger partial charge in [-0.15, -0.1) is 16.4 Å². The Kier molecular flexibility index (Phi) is 11.8. The van der Waals surface area contributed by atoms with E-state index in [1.807, 2.05) is 62.2 Å². The molecule has 3 aromatic carbocycles. The van der Waals surface area contributed by atoms with Crippen LogP contribution in [0.1, 0.15) is 70.5 Å². The number of halogens is 2. The highest BCUT2D eigenvalue weighted by Gasteiger charge is 2.36. The van der Waals surface area contributed by atoms with Gasteiger partial charge in [-0.1, -0.05) is 61.0 Å². The van der Waals surface area contributed by atoms with E-state index in [0.29, 0.717) is 72.0 Å². The van der Waals surface area contributed by atoms with Crippen molar-refractivity contribution in [3.05, 3.63) is 76.0 Å². The minimum Gasteiger partial charge on any atom is -0.486 e. The van der Waals surface area contributed by atoms with Crippen molar-refractivity contribution in [3.63, 3.8) is 0 Å². The van der Waals surface area contributed by atoms with Crippen molar-refractivity contribution in [3.8, 4) is 40.2 Å². The van der Waals surface area contributed by atoms with E-state index in [1.54, 1.807) is 23.2 Å². The van der Waals surface area contributed by atoms with E-state index in [1.165, 1.54) is 17.4 Å². The normalized spacial score (nSPS) is 19.7. The maximum atomic E-state index is 15.3. The summed E-state index contributed by atoms with van der Waals surface area (Å²) in [7, 11) is 1.62. The molecule has 3 fully saturated rings. The molecule has 2 bridgehead atoms. The zero-order valence-corrected chi connectivity index (χ0v) is 37.0. The van der Waals surface area contributed by atoms with Crippen LogP contribution in [0.4, 0.5) is 10.2 Å². The molecule has 3 aromatic heterocycles. The number of nitrogens with one attached hydrogen (secondary N) is 1. The summed E-state index contributed by atoms with van der Waals surface area (Å²) in [6.07, 6.45) is 5.80. The van der Waals surface area contributed by atoms with E-state index in [2.05, 4.69) is 33.5 Å². The van der Waals surface area contributed by atoms with Gasteiger partial charge in [0, 0.05) is 72.1 Å². The summed E-state index contributed by atoms with van der Waals surface area (Å²) in [6.45, 7) is 10.7. The van der Waals surface area contributed by atoms with Crippen molar-refractivity contribution in [1.29, 1.82) is 5.26 Å². The lowest BCUT2D eigenvalue weighted by atomic mass is 9.96. The molecule has 62 heavy (non-hydrogen) atoms. The molecule has 1 N–H and O–H groups in total. The highest BCUT2D eigenvalue weighted by molar-refractivity contribution is 7.17. The smallest absolute Gasteiger partial charge is 0.319 e. The Labute approximate surface area is 368 Å². The molecular weight excluding hydrogens is 829 g/mol. The van der Waals surface area contributed by atoms with Crippen molar-refractivity contribution in [1.82, 2.24) is 35.2 Å². The van der Waals surface area contributed by atoms with Crippen LogP contribution in [0, 0.1) is 23.1 Å². The van der Waals surface area contributed by atoms with E-state index >= 15 is 4.39 Å².